The molecule has 260 valence electrons. The second-order valence-corrected chi connectivity index (χ2v) is 11.5. The van der Waals surface area contributed by atoms with Crippen molar-refractivity contribution in [1.29, 1.82) is 0 Å². The molecule has 2 N–H and O–H groups in total. The van der Waals surface area contributed by atoms with Gasteiger partial charge in [0.25, 0.3) is 5.91 Å². The smallest absolute Gasteiger partial charge is 0.461 e. The molecule has 4 aromatic rings. The van der Waals surface area contributed by atoms with E-state index in [0.717, 1.165) is 49.3 Å². The number of nitrogens with zero attached hydrogens (tertiary/aromatic N) is 3. The molecule has 0 unspecified atom stereocenters. The molecule has 0 spiro atoms. The second kappa shape index (κ2) is 15.9. The number of halogens is 5. The molecular formula is C35H36F5N5O4. The predicted molar refractivity (Wildman–Crippen MR) is 174 cm³/mol. The molecule has 1 aliphatic rings. The lowest BCUT2D eigenvalue weighted by Crippen LogP contribution is -2.33. The zero-order chi connectivity index (χ0) is 35.0. The molecule has 0 radical (unpaired) electrons. The third-order valence-corrected chi connectivity index (χ3v) is 7.76. The van der Waals surface area contributed by atoms with Gasteiger partial charge in [0, 0.05) is 36.2 Å². The Labute approximate surface area is 280 Å². The van der Waals surface area contributed by atoms with Crippen LogP contribution in [0.25, 0.3) is 0 Å². The number of anilines is 3. The summed E-state index contributed by atoms with van der Waals surface area (Å²) in [6.45, 7) is 7.03. The quantitative estimate of drug-likeness (QED) is 0.101. The molecule has 2 heterocycles. The largest absolute Gasteiger partial charge is 0.490 e. The maximum absolute atomic E-state index is 14.9. The van der Waals surface area contributed by atoms with E-state index in [2.05, 4.69) is 30.2 Å². The SMILES string of the molecule is Cc1cccc(C)c1NC(=O)c1cnc(Nc2ccc(OCCCN3CCCCC3)c(F)c2)nc1Oc1cccc(OC(F)(F)C(F)F)c1. The minimum atomic E-state index is -4.75. The zero-order valence-corrected chi connectivity index (χ0v) is 26.9. The molecule has 9 nitrogen and oxygen atoms in total. The van der Waals surface area contributed by atoms with Crippen LogP contribution in [0.5, 0.6) is 23.1 Å². The third kappa shape index (κ3) is 9.56. The van der Waals surface area contributed by atoms with Crippen molar-refractivity contribution in [3.05, 3.63) is 89.4 Å². The monoisotopic (exact) mass is 685 g/mol. The van der Waals surface area contributed by atoms with Gasteiger partial charge in [-0.25, -0.2) is 9.37 Å². The van der Waals surface area contributed by atoms with Crippen molar-refractivity contribution in [3.63, 3.8) is 0 Å². The molecule has 1 amide bonds. The van der Waals surface area contributed by atoms with Crippen molar-refractivity contribution >= 4 is 23.2 Å². The number of nitrogens with one attached hydrogen (secondary N) is 2. The maximum atomic E-state index is 14.9. The number of aromatic nitrogens is 2. The predicted octanol–water partition coefficient (Wildman–Crippen LogP) is 8.51. The highest BCUT2D eigenvalue weighted by Crippen LogP contribution is 2.33. The van der Waals surface area contributed by atoms with Crippen LogP contribution in [0.15, 0.2) is 66.9 Å². The van der Waals surface area contributed by atoms with E-state index in [4.69, 9.17) is 9.47 Å². The Morgan fingerprint density at radius 1 is 0.980 bits per heavy atom. The van der Waals surface area contributed by atoms with Crippen LogP contribution in [0.3, 0.4) is 0 Å². The number of benzene rings is 3. The van der Waals surface area contributed by atoms with Crippen LogP contribution in [0.4, 0.5) is 39.3 Å². The number of aryl methyl sites for hydroxylation is 2. The summed E-state index contributed by atoms with van der Waals surface area (Å²) in [6, 6.07) is 14.3. The first-order valence-corrected chi connectivity index (χ1v) is 15.8. The van der Waals surface area contributed by atoms with Crippen molar-refractivity contribution in [2.45, 2.75) is 52.1 Å². The van der Waals surface area contributed by atoms with Crippen molar-refractivity contribution in [1.82, 2.24) is 14.9 Å². The molecule has 1 saturated heterocycles. The zero-order valence-electron chi connectivity index (χ0n) is 26.9. The van der Waals surface area contributed by atoms with Gasteiger partial charge in [-0.15, -0.1) is 0 Å². The summed E-state index contributed by atoms with van der Waals surface area (Å²) in [7, 11) is 0. The number of hydrogen-bond donors (Lipinski definition) is 2. The second-order valence-electron chi connectivity index (χ2n) is 11.5. The Bertz CT molecular complexity index is 1730. The van der Waals surface area contributed by atoms with Crippen LogP contribution < -0.4 is 24.8 Å². The third-order valence-electron chi connectivity index (χ3n) is 7.76. The van der Waals surface area contributed by atoms with E-state index in [0.29, 0.717) is 12.3 Å². The number of hydrogen-bond acceptors (Lipinski definition) is 8. The van der Waals surface area contributed by atoms with E-state index in [-0.39, 0.29) is 34.6 Å². The maximum Gasteiger partial charge on any atom is 0.461 e. The van der Waals surface area contributed by atoms with Gasteiger partial charge in [0.05, 0.1) is 6.61 Å². The Kier molecular flexibility index (Phi) is 11.5. The van der Waals surface area contributed by atoms with Gasteiger partial charge in [-0.2, -0.15) is 22.5 Å². The van der Waals surface area contributed by atoms with E-state index >= 15 is 0 Å². The van der Waals surface area contributed by atoms with Crippen LogP contribution >= 0.6 is 0 Å². The van der Waals surface area contributed by atoms with Gasteiger partial charge in [0.1, 0.15) is 17.1 Å². The average Bonchev–Trinajstić information content (AvgIpc) is 3.06. The first-order chi connectivity index (χ1) is 23.5. The van der Waals surface area contributed by atoms with Crippen LogP contribution in [0, 0.1) is 19.7 Å². The summed E-state index contributed by atoms with van der Waals surface area (Å²) in [5, 5.41) is 5.66. The first kappa shape index (κ1) is 35.3. The molecule has 14 heteroatoms. The van der Waals surface area contributed by atoms with Crippen molar-refractivity contribution in [3.8, 4) is 23.1 Å². The molecule has 0 atom stereocenters. The highest BCUT2D eigenvalue weighted by atomic mass is 19.3. The lowest BCUT2D eigenvalue weighted by Gasteiger charge is -2.26. The molecule has 49 heavy (non-hydrogen) atoms. The molecule has 1 aromatic heterocycles. The number of alkyl halides is 4. The minimum Gasteiger partial charge on any atom is -0.490 e. The Morgan fingerprint density at radius 2 is 1.69 bits per heavy atom. The number of amides is 1. The van der Waals surface area contributed by atoms with E-state index in [1.54, 1.807) is 6.07 Å². The summed E-state index contributed by atoms with van der Waals surface area (Å²) in [4.78, 5) is 24.3. The van der Waals surface area contributed by atoms with Crippen LogP contribution in [0.2, 0.25) is 0 Å². The van der Waals surface area contributed by atoms with Crippen molar-refractivity contribution in [2.75, 3.05) is 36.9 Å². The number of ether oxygens (including phenoxy) is 3. The summed E-state index contributed by atoms with van der Waals surface area (Å²) < 4.78 is 83.1. The molecule has 0 bridgehead atoms. The van der Waals surface area contributed by atoms with Gasteiger partial charge in [0.2, 0.25) is 11.8 Å². The highest BCUT2D eigenvalue weighted by molar-refractivity contribution is 6.06. The Morgan fingerprint density at radius 3 is 2.41 bits per heavy atom. The molecule has 0 aliphatic carbocycles. The van der Waals surface area contributed by atoms with Crippen LogP contribution in [-0.4, -0.2) is 59.6 Å². The van der Waals surface area contributed by atoms with Gasteiger partial charge in [-0.1, -0.05) is 30.7 Å². The fourth-order valence-electron chi connectivity index (χ4n) is 5.24. The van der Waals surface area contributed by atoms with Gasteiger partial charge < -0.3 is 29.7 Å². The van der Waals surface area contributed by atoms with Crippen LogP contribution in [0.1, 0.15) is 47.2 Å². The number of carbonyl (C=O) groups is 1. The number of piperidine rings is 1. The minimum absolute atomic E-state index is 0.0900. The lowest BCUT2D eigenvalue weighted by atomic mass is 10.1. The van der Waals surface area contributed by atoms with E-state index in [1.807, 2.05) is 32.0 Å². The standard InChI is InChI=1S/C35H36F5N5O4/c1-22-9-6-10-23(2)30(22)43-31(46)27-21-41-34(44-32(27)48-25-11-7-12-26(20-25)49-35(39,40)33(37)38)42-24-13-14-29(28(36)19-24)47-18-8-17-45-15-4-3-5-16-45/h6-7,9-14,19-21,33H,3-5,8,15-18H2,1-2H3,(H,43,46)(H,41,42,44). The van der Waals surface area contributed by atoms with Gasteiger partial charge in [-0.3, -0.25) is 4.79 Å². The van der Waals surface area contributed by atoms with Crippen LogP contribution in [-0.2, 0) is 0 Å². The summed E-state index contributed by atoms with van der Waals surface area (Å²) in [6.07, 6.45) is -3.23. The summed E-state index contributed by atoms with van der Waals surface area (Å²) >= 11 is 0. The Balaban J connectivity index is 1.34. The molecule has 1 aliphatic heterocycles. The summed E-state index contributed by atoms with van der Waals surface area (Å²) in [5.74, 6) is -2.34. The van der Waals surface area contributed by atoms with E-state index in [9.17, 15) is 26.7 Å². The van der Waals surface area contributed by atoms with E-state index < -0.39 is 30.0 Å². The summed E-state index contributed by atoms with van der Waals surface area (Å²) in [5.41, 5.74) is 2.25. The normalized spacial score (nSPS) is 13.6. The Hall–Kier alpha value is -4.98. The molecular weight excluding hydrogens is 649 g/mol. The topological polar surface area (TPSA) is 97.8 Å². The molecule has 5 rings (SSSR count). The average molecular weight is 686 g/mol. The fourth-order valence-corrected chi connectivity index (χ4v) is 5.24. The molecule has 0 saturated carbocycles. The number of rotatable bonds is 14. The van der Waals surface area contributed by atoms with E-state index in [1.165, 1.54) is 49.7 Å². The number of carbonyl (C=O) groups excluding carboxylic acids is 1. The molecule has 1 fully saturated rings. The first-order valence-electron chi connectivity index (χ1n) is 15.8. The van der Waals surface area contributed by atoms with Crippen molar-refractivity contribution < 1.29 is 41.0 Å². The fraction of sp³-hybridized carbons (Fsp3) is 0.343. The number of likely N-dealkylation sites (tertiary alicyclic amines) is 1. The van der Waals surface area contributed by atoms with Gasteiger partial charge >= 0.3 is 12.5 Å². The van der Waals surface area contributed by atoms with Gasteiger partial charge in [-0.05, 0) is 81.6 Å². The highest BCUT2D eigenvalue weighted by Gasteiger charge is 2.44. The van der Waals surface area contributed by atoms with Crippen molar-refractivity contribution in [2.24, 2.45) is 0 Å². The molecule has 3 aromatic carbocycles. The number of para-hydroxylation sites is 1. The van der Waals surface area contributed by atoms with Gasteiger partial charge in [0.15, 0.2) is 11.6 Å². The lowest BCUT2D eigenvalue weighted by molar-refractivity contribution is -0.253.